The molecule has 0 aliphatic carbocycles. The molecular formula is C19H18ClN5O2S. The summed E-state index contributed by atoms with van der Waals surface area (Å²) in [6, 6.07) is 14.4. The van der Waals surface area contributed by atoms with E-state index < -0.39 is 5.25 Å². The van der Waals surface area contributed by atoms with E-state index in [9.17, 15) is 4.79 Å². The molecule has 1 aliphatic rings. The van der Waals surface area contributed by atoms with Crippen LogP contribution in [0, 0.1) is 6.92 Å². The van der Waals surface area contributed by atoms with Crippen LogP contribution in [0.15, 0.2) is 53.7 Å². The molecule has 7 nitrogen and oxygen atoms in total. The quantitative estimate of drug-likeness (QED) is 0.677. The number of anilines is 1. The molecule has 0 radical (unpaired) electrons. The number of carbonyl (C=O) groups is 1. The van der Waals surface area contributed by atoms with E-state index in [2.05, 4.69) is 20.9 Å². The lowest BCUT2D eigenvalue weighted by atomic mass is 10.0. The molecule has 1 amide bonds. The zero-order valence-electron chi connectivity index (χ0n) is 15.2. The minimum absolute atomic E-state index is 0.141. The Morgan fingerprint density at radius 1 is 1.25 bits per heavy atom. The fraction of sp³-hybridized carbons (Fsp3) is 0.211. The molecule has 2 atom stereocenters. The van der Waals surface area contributed by atoms with Gasteiger partial charge in [-0.15, -0.1) is 10.2 Å². The lowest BCUT2D eigenvalue weighted by Gasteiger charge is -2.32. The first-order valence-electron chi connectivity index (χ1n) is 8.61. The number of aryl methyl sites for hydroxylation is 1. The average molecular weight is 416 g/mol. The third-order valence-corrected chi connectivity index (χ3v) is 5.89. The topological polar surface area (TPSA) is 81.1 Å². The normalized spacial score (nSPS) is 18.1. The molecule has 2 N–H and O–H groups in total. The molecule has 2 heterocycles. The number of methoxy groups -OCH3 is 1. The molecule has 0 spiro atoms. The predicted octanol–water partition coefficient (Wildman–Crippen LogP) is 3.65. The van der Waals surface area contributed by atoms with Crippen molar-refractivity contribution >= 4 is 35.0 Å². The van der Waals surface area contributed by atoms with Gasteiger partial charge in [0.15, 0.2) is 0 Å². The summed E-state index contributed by atoms with van der Waals surface area (Å²) in [5.41, 5.74) is 4.98. The number of aromatic nitrogens is 3. The Morgan fingerprint density at radius 2 is 2.04 bits per heavy atom. The highest BCUT2D eigenvalue weighted by Gasteiger charge is 2.37. The molecule has 0 fully saturated rings. The van der Waals surface area contributed by atoms with Gasteiger partial charge in [-0.05, 0) is 36.8 Å². The first-order chi connectivity index (χ1) is 13.5. The summed E-state index contributed by atoms with van der Waals surface area (Å²) in [4.78, 5) is 13.1. The molecule has 4 rings (SSSR count). The highest BCUT2D eigenvalue weighted by molar-refractivity contribution is 8.00. The highest BCUT2D eigenvalue weighted by atomic mass is 35.5. The third-order valence-electron chi connectivity index (χ3n) is 4.42. The number of halogens is 1. The van der Waals surface area contributed by atoms with Gasteiger partial charge in [0, 0.05) is 16.8 Å². The molecule has 144 valence electrons. The van der Waals surface area contributed by atoms with E-state index in [1.165, 1.54) is 11.8 Å². The fourth-order valence-electron chi connectivity index (χ4n) is 2.99. The van der Waals surface area contributed by atoms with E-state index in [4.69, 9.17) is 16.3 Å². The molecule has 0 unspecified atom stereocenters. The largest absolute Gasteiger partial charge is 0.497 e. The summed E-state index contributed by atoms with van der Waals surface area (Å²) in [7, 11) is 1.59. The summed E-state index contributed by atoms with van der Waals surface area (Å²) in [5, 5.41) is 12.1. The Kier molecular flexibility index (Phi) is 5.15. The first kappa shape index (κ1) is 18.6. The summed E-state index contributed by atoms with van der Waals surface area (Å²) in [6.45, 7) is 1.86. The number of hydrogen-bond acceptors (Lipinski definition) is 6. The number of fused-ring (bicyclic) bond motifs is 1. The number of benzene rings is 2. The molecule has 28 heavy (non-hydrogen) atoms. The number of thioether (sulfide) groups is 1. The fourth-order valence-corrected chi connectivity index (χ4v) is 4.25. The summed E-state index contributed by atoms with van der Waals surface area (Å²) in [5.74, 6) is 1.27. The van der Waals surface area contributed by atoms with Crippen molar-refractivity contribution in [3.8, 4) is 5.75 Å². The van der Waals surface area contributed by atoms with Gasteiger partial charge in [0.25, 0.3) is 0 Å². The third kappa shape index (κ3) is 3.65. The van der Waals surface area contributed by atoms with Crippen molar-refractivity contribution in [3.63, 3.8) is 0 Å². The Balaban J connectivity index is 1.65. The van der Waals surface area contributed by atoms with Crippen molar-refractivity contribution in [2.24, 2.45) is 0 Å². The monoisotopic (exact) mass is 415 g/mol. The summed E-state index contributed by atoms with van der Waals surface area (Å²) in [6.07, 6.45) is 0. The number of nitrogens with one attached hydrogen (secondary N) is 2. The van der Waals surface area contributed by atoms with Gasteiger partial charge in [0.1, 0.15) is 16.8 Å². The zero-order valence-corrected chi connectivity index (χ0v) is 16.8. The van der Waals surface area contributed by atoms with Gasteiger partial charge in [0.05, 0.1) is 13.2 Å². The Labute approximate surface area is 171 Å². The molecule has 2 aromatic carbocycles. The Bertz CT molecular complexity index is 1010. The predicted molar refractivity (Wildman–Crippen MR) is 110 cm³/mol. The van der Waals surface area contributed by atoms with E-state index >= 15 is 0 Å². The minimum Gasteiger partial charge on any atom is -0.497 e. The van der Waals surface area contributed by atoms with Crippen molar-refractivity contribution in [2.45, 2.75) is 23.4 Å². The van der Waals surface area contributed by atoms with Crippen LogP contribution in [0.3, 0.4) is 0 Å². The smallest absolute Gasteiger partial charge is 0.240 e. The number of amides is 1. The lowest BCUT2D eigenvalue weighted by Crippen LogP contribution is -2.41. The number of ether oxygens (including phenoxy) is 1. The van der Waals surface area contributed by atoms with Crippen LogP contribution in [-0.2, 0) is 4.79 Å². The molecular weight excluding hydrogens is 398 g/mol. The zero-order chi connectivity index (χ0) is 19.7. The van der Waals surface area contributed by atoms with Crippen LogP contribution in [0.1, 0.15) is 17.4 Å². The highest BCUT2D eigenvalue weighted by Crippen LogP contribution is 2.37. The van der Waals surface area contributed by atoms with Crippen LogP contribution in [0.25, 0.3) is 0 Å². The maximum absolute atomic E-state index is 13.1. The maximum atomic E-state index is 13.1. The van der Waals surface area contributed by atoms with Gasteiger partial charge in [-0.25, -0.2) is 4.68 Å². The van der Waals surface area contributed by atoms with Gasteiger partial charge in [-0.1, -0.05) is 41.6 Å². The van der Waals surface area contributed by atoms with Crippen LogP contribution >= 0.6 is 23.4 Å². The SMILES string of the molecule is COc1cccc(NC(=O)[C@@H]2Sc3nnc(C)n3N[C@H]2c2ccc(Cl)cc2)c1. The van der Waals surface area contributed by atoms with Crippen molar-refractivity contribution in [3.05, 3.63) is 64.9 Å². The molecule has 0 bridgehead atoms. The standard InChI is InChI=1S/C19H18ClN5O2S/c1-11-22-23-19-25(11)24-16(12-6-8-13(20)9-7-12)17(28-19)18(26)21-14-4-3-5-15(10-14)27-2/h3-10,16-17,24H,1-2H3,(H,21,26)/t16-,17+/m0/s1. The van der Waals surface area contributed by atoms with Crippen LogP contribution < -0.4 is 15.5 Å². The summed E-state index contributed by atoms with van der Waals surface area (Å²) >= 11 is 7.41. The second kappa shape index (κ2) is 7.73. The van der Waals surface area contributed by atoms with Crippen LogP contribution in [0.5, 0.6) is 5.75 Å². The summed E-state index contributed by atoms with van der Waals surface area (Å²) < 4.78 is 7.03. The van der Waals surface area contributed by atoms with Gasteiger partial charge in [0.2, 0.25) is 11.1 Å². The molecule has 1 aromatic heterocycles. The number of rotatable bonds is 4. The Hall–Kier alpha value is -2.71. The number of hydrogen-bond donors (Lipinski definition) is 2. The molecule has 1 aliphatic heterocycles. The van der Waals surface area contributed by atoms with E-state index in [-0.39, 0.29) is 11.9 Å². The maximum Gasteiger partial charge on any atom is 0.240 e. The van der Waals surface area contributed by atoms with Gasteiger partial charge >= 0.3 is 0 Å². The second-order valence-electron chi connectivity index (χ2n) is 6.28. The second-order valence-corrected chi connectivity index (χ2v) is 7.83. The van der Waals surface area contributed by atoms with Crippen molar-refractivity contribution in [2.75, 3.05) is 17.9 Å². The minimum atomic E-state index is -0.455. The van der Waals surface area contributed by atoms with Crippen molar-refractivity contribution < 1.29 is 9.53 Å². The number of carbonyl (C=O) groups excluding carboxylic acids is 1. The van der Waals surface area contributed by atoms with E-state index in [0.29, 0.717) is 21.6 Å². The van der Waals surface area contributed by atoms with E-state index in [1.807, 2.05) is 49.4 Å². The molecule has 3 aromatic rings. The molecule has 0 saturated carbocycles. The molecule has 9 heteroatoms. The van der Waals surface area contributed by atoms with E-state index in [1.54, 1.807) is 17.9 Å². The van der Waals surface area contributed by atoms with Crippen LogP contribution in [0.2, 0.25) is 5.02 Å². The van der Waals surface area contributed by atoms with Crippen molar-refractivity contribution in [1.82, 2.24) is 14.9 Å². The van der Waals surface area contributed by atoms with Gasteiger partial charge < -0.3 is 15.5 Å². The van der Waals surface area contributed by atoms with Crippen LogP contribution in [0.4, 0.5) is 5.69 Å². The number of nitrogens with zero attached hydrogens (tertiary/aromatic N) is 3. The average Bonchev–Trinajstić information content (AvgIpc) is 3.08. The van der Waals surface area contributed by atoms with E-state index in [0.717, 1.165) is 11.4 Å². The van der Waals surface area contributed by atoms with Crippen LogP contribution in [-0.4, -0.2) is 33.1 Å². The first-order valence-corrected chi connectivity index (χ1v) is 9.86. The van der Waals surface area contributed by atoms with Gasteiger partial charge in [-0.2, -0.15) is 0 Å². The lowest BCUT2D eigenvalue weighted by molar-refractivity contribution is -0.116. The van der Waals surface area contributed by atoms with Gasteiger partial charge in [-0.3, -0.25) is 4.79 Å². The molecule has 0 saturated heterocycles. The van der Waals surface area contributed by atoms with Crippen molar-refractivity contribution in [1.29, 1.82) is 0 Å². The Morgan fingerprint density at radius 3 is 2.79 bits per heavy atom.